The molecule has 5 nitrogen and oxygen atoms in total. The summed E-state index contributed by atoms with van der Waals surface area (Å²) in [5.41, 5.74) is 8.36. The number of hydrogen-bond donors (Lipinski definition) is 1. The first-order valence-electron chi connectivity index (χ1n) is 9.66. The zero-order valence-corrected chi connectivity index (χ0v) is 16.7. The minimum atomic E-state index is 0. The molecule has 2 aromatic carbocycles. The molecule has 6 heteroatoms. The quantitative estimate of drug-likeness (QED) is 0.834. The number of ether oxygens (including phenoxy) is 2. The van der Waals surface area contributed by atoms with Crippen LogP contribution in [0, 0.1) is 5.92 Å². The maximum Gasteiger partial charge on any atom is 0.222 e. The van der Waals surface area contributed by atoms with Crippen molar-refractivity contribution in [3.8, 4) is 11.5 Å². The third-order valence-electron chi connectivity index (χ3n) is 5.56. The summed E-state index contributed by atoms with van der Waals surface area (Å²) in [6.07, 6.45) is 1.20. The van der Waals surface area contributed by atoms with E-state index in [0.717, 1.165) is 30.2 Å². The number of nitrogens with zero attached hydrogens (tertiary/aromatic N) is 1. The number of carbonyl (C=O) groups is 1. The van der Waals surface area contributed by atoms with Gasteiger partial charge in [0.25, 0.3) is 0 Å². The predicted molar refractivity (Wildman–Crippen MR) is 111 cm³/mol. The van der Waals surface area contributed by atoms with E-state index in [1.54, 1.807) is 0 Å². The van der Waals surface area contributed by atoms with Crippen LogP contribution in [0.1, 0.15) is 23.5 Å². The molecule has 2 aliphatic rings. The Morgan fingerprint density at radius 2 is 1.79 bits per heavy atom. The molecule has 4 rings (SSSR count). The molecule has 2 heterocycles. The van der Waals surface area contributed by atoms with Crippen molar-refractivity contribution in [3.63, 3.8) is 0 Å². The lowest BCUT2D eigenvalue weighted by Crippen LogP contribution is -2.30. The van der Waals surface area contributed by atoms with Gasteiger partial charge in [-0.1, -0.05) is 36.4 Å². The van der Waals surface area contributed by atoms with Gasteiger partial charge in [0, 0.05) is 25.4 Å². The number of rotatable bonds is 5. The number of halogens is 1. The molecule has 1 saturated heterocycles. The number of nitrogens with two attached hydrogens (primary N) is 1. The van der Waals surface area contributed by atoms with Crippen molar-refractivity contribution in [2.24, 2.45) is 11.7 Å². The number of likely N-dealkylation sites (tertiary alicyclic amines) is 1. The second-order valence-electron chi connectivity index (χ2n) is 7.29. The van der Waals surface area contributed by atoms with Crippen LogP contribution in [0.2, 0.25) is 0 Å². The number of aryl methyl sites for hydroxylation is 1. The van der Waals surface area contributed by atoms with E-state index in [0.29, 0.717) is 44.4 Å². The van der Waals surface area contributed by atoms with Crippen LogP contribution in [0.5, 0.6) is 11.5 Å². The average Bonchev–Trinajstić information content (AvgIpc) is 3.17. The number of amides is 1. The Labute approximate surface area is 172 Å². The van der Waals surface area contributed by atoms with E-state index in [9.17, 15) is 4.79 Å². The van der Waals surface area contributed by atoms with E-state index < -0.39 is 0 Å². The fraction of sp³-hybridized carbons (Fsp3) is 0.409. The second-order valence-corrected chi connectivity index (χ2v) is 7.29. The molecule has 0 radical (unpaired) electrons. The van der Waals surface area contributed by atoms with Crippen molar-refractivity contribution in [1.29, 1.82) is 0 Å². The smallest absolute Gasteiger partial charge is 0.222 e. The maximum absolute atomic E-state index is 12.8. The topological polar surface area (TPSA) is 64.8 Å². The summed E-state index contributed by atoms with van der Waals surface area (Å²) >= 11 is 0. The fourth-order valence-electron chi connectivity index (χ4n) is 4.04. The lowest BCUT2D eigenvalue weighted by atomic mass is 9.89. The van der Waals surface area contributed by atoms with Gasteiger partial charge in [0.05, 0.1) is 0 Å². The zero-order valence-electron chi connectivity index (χ0n) is 15.9. The first-order chi connectivity index (χ1) is 13.2. The number of benzene rings is 2. The third-order valence-corrected chi connectivity index (χ3v) is 5.56. The normalized spacial score (nSPS) is 20.5. The van der Waals surface area contributed by atoms with Crippen LogP contribution < -0.4 is 15.2 Å². The number of fused-ring (bicyclic) bond motifs is 1. The van der Waals surface area contributed by atoms with Crippen LogP contribution in [0.3, 0.4) is 0 Å². The van der Waals surface area contributed by atoms with Crippen molar-refractivity contribution in [1.82, 2.24) is 4.90 Å². The van der Waals surface area contributed by atoms with Crippen LogP contribution in [0.15, 0.2) is 48.5 Å². The molecule has 1 fully saturated rings. The number of hydrogen-bond acceptors (Lipinski definition) is 4. The van der Waals surface area contributed by atoms with Gasteiger partial charge in [0.1, 0.15) is 13.2 Å². The minimum Gasteiger partial charge on any atom is -0.486 e. The summed E-state index contributed by atoms with van der Waals surface area (Å²) in [6.45, 7) is 3.27. The molecule has 0 spiro atoms. The van der Waals surface area contributed by atoms with Crippen LogP contribution in [-0.2, 0) is 11.2 Å². The SMILES string of the molecule is Cl.NC[C@@H]1CN(C(=O)CCc2ccc3c(c2)OCCO3)C[C@H]1c1ccccc1. The van der Waals surface area contributed by atoms with E-state index in [2.05, 4.69) is 24.3 Å². The van der Waals surface area contributed by atoms with Crippen molar-refractivity contribution < 1.29 is 14.3 Å². The molecule has 0 unspecified atom stereocenters. The lowest BCUT2D eigenvalue weighted by Gasteiger charge is -2.19. The Morgan fingerprint density at radius 1 is 1.04 bits per heavy atom. The summed E-state index contributed by atoms with van der Waals surface area (Å²) < 4.78 is 11.2. The molecule has 150 valence electrons. The first-order valence-corrected chi connectivity index (χ1v) is 9.66. The molecule has 1 amide bonds. The molecule has 0 aromatic heterocycles. The Balaban J connectivity index is 0.00000225. The first kappa shape index (κ1) is 20.5. The van der Waals surface area contributed by atoms with Gasteiger partial charge in [-0.3, -0.25) is 4.79 Å². The highest BCUT2D eigenvalue weighted by Gasteiger charge is 2.34. The monoisotopic (exact) mass is 402 g/mol. The molecule has 0 bridgehead atoms. The van der Waals surface area contributed by atoms with Crippen LogP contribution in [-0.4, -0.2) is 43.7 Å². The van der Waals surface area contributed by atoms with Gasteiger partial charge in [0.2, 0.25) is 5.91 Å². The molecule has 28 heavy (non-hydrogen) atoms. The van der Waals surface area contributed by atoms with E-state index in [4.69, 9.17) is 15.2 Å². The van der Waals surface area contributed by atoms with Gasteiger partial charge in [-0.2, -0.15) is 0 Å². The molecule has 0 aliphatic carbocycles. The predicted octanol–water partition coefficient (Wildman–Crippen LogP) is 3.01. The molecular formula is C22H27ClN2O3. The molecule has 2 atom stereocenters. The molecule has 2 aliphatic heterocycles. The summed E-state index contributed by atoms with van der Waals surface area (Å²) in [5, 5.41) is 0. The largest absolute Gasteiger partial charge is 0.486 e. The van der Waals surface area contributed by atoms with Gasteiger partial charge in [-0.05, 0) is 42.1 Å². The van der Waals surface area contributed by atoms with E-state index in [1.807, 2.05) is 29.2 Å². The van der Waals surface area contributed by atoms with Crippen LogP contribution in [0.4, 0.5) is 0 Å². The van der Waals surface area contributed by atoms with Gasteiger partial charge < -0.3 is 20.1 Å². The Kier molecular flexibility index (Phi) is 6.81. The summed E-state index contributed by atoms with van der Waals surface area (Å²) in [4.78, 5) is 14.8. The Hall–Kier alpha value is -2.24. The van der Waals surface area contributed by atoms with Crippen molar-refractivity contribution in [2.75, 3.05) is 32.8 Å². The van der Waals surface area contributed by atoms with Gasteiger partial charge >= 0.3 is 0 Å². The highest BCUT2D eigenvalue weighted by atomic mass is 35.5. The zero-order chi connectivity index (χ0) is 18.6. The second kappa shape index (κ2) is 9.30. The van der Waals surface area contributed by atoms with Gasteiger partial charge in [0.15, 0.2) is 11.5 Å². The van der Waals surface area contributed by atoms with E-state index in [1.165, 1.54) is 5.56 Å². The Bertz CT molecular complexity index is 800. The molecular weight excluding hydrogens is 376 g/mol. The average molecular weight is 403 g/mol. The van der Waals surface area contributed by atoms with Crippen molar-refractivity contribution >= 4 is 18.3 Å². The highest BCUT2D eigenvalue weighted by Crippen LogP contribution is 2.33. The molecule has 2 aromatic rings. The minimum absolute atomic E-state index is 0. The molecule has 0 saturated carbocycles. The third kappa shape index (κ3) is 4.42. The van der Waals surface area contributed by atoms with Crippen LogP contribution >= 0.6 is 12.4 Å². The van der Waals surface area contributed by atoms with E-state index in [-0.39, 0.29) is 18.3 Å². The van der Waals surface area contributed by atoms with Gasteiger partial charge in [-0.25, -0.2) is 0 Å². The fourth-order valence-corrected chi connectivity index (χ4v) is 4.04. The summed E-state index contributed by atoms with van der Waals surface area (Å²) in [6, 6.07) is 16.3. The van der Waals surface area contributed by atoms with Crippen LogP contribution in [0.25, 0.3) is 0 Å². The summed E-state index contributed by atoms with van der Waals surface area (Å²) in [7, 11) is 0. The van der Waals surface area contributed by atoms with Gasteiger partial charge in [-0.15, -0.1) is 12.4 Å². The van der Waals surface area contributed by atoms with Crippen molar-refractivity contribution in [3.05, 3.63) is 59.7 Å². The van der Waals surface area contributed by atoms with Crippen molar-refractivity contribution in [2.45, 2.75) is 18.8 Å². The standard InChI is InChI=1S/C22H26N2O3.ClH/c23-13-18-14-24(15-19(18)17-4-2-1-3-5-17)22(25)9-7-16-6-8-20-21(12-16)27-11-10-26-20;/h1-6,8,12,18-19H,7,9-11,13-15,23H2;1H/t18-,19+;/m1./s1. The maximum atomic E-state index is 12.8. The lowest BCUT2D eigenvalue weighted by molar-refractivity contribution is -0.130. The number of carbonyl (C=O) groups excluding carboxylic acids is 1. The Morgan fingerprint density at radius 3 is 2.54 bits per heavy atom. The van der Waals surface area contributed by atoms with E-state index >= 15 is 0 Å². The highest BCUT2D eigenvalue weighted by molar-refractivity contribution is 5.85. The molecule has 2 N–H and O–H groups in total. The summed E-state index contributed by atoms with van der Waals surface area (Å²) in [5.74, 6) is 2.41.